The third-order valence-corrected chi connectivity index (χ3v) is 7.05. The second-order valence-electron chi connectivity index (χ2n) is 8.81. The lowest BCUT2D eigenvalue weighted by molar-refractivity contribution is 0.1000. The summed E-state index contributed by atoms with van der Waals surface area (Å²) in [6, 6.07) is 5.60. The number of nitrogens with one attached hydrogen (secondary N) is 1. The highest BCUT2D eigenvalue weighted by atomic mass is 32.1. The number of carbonyl (C=O) groups is 2. The molecule has 2 amide bonds. The Morgan fingerprint density at radius 2 is 2.07 bits per heavy atom. The maximum atomic E-state index is 13.1. The van der Waals surface area contributed by atoms with Gasteiger partial charge in [0.05, 0.1) is 11.3 Å². The van der Waals surface area contributed by atoms with E-state index in [-0.39, 0.29) is 11.3 Å². The highest BCUT2D eigenvalue weighted by Gasteiger charge is 2.33. The number of pyridine rings is 1. The van der Waals surface area contributed by atoms with Crippen molar-refractivity contribution < 1.29 is 9.59 Å². The van der Waals surface area contributed by atoms with E-state index in [1.54, 1.807) is 4.40 Å². The molecule has 0 spiro atoms. The second-order valence-corrected chi connectivity index (χ2v) is 9.91. The molecule has 0 saturated carbocycles. The van der Waals surface area contributed by atoms with Crippen LogP contribution >= 0.6 is 11.3 Å². The maximum absolute atomic E-state index is 13.1. The van der Waals surface area contributed by atoms with Crippen molar-refractivity contribution in [3.63, 3.8) is 0 Å². The van der Waals surface area contributed by atoms with Gasteiger partial charge in [0.15, 0.2) is 0 Å². The molecule has 3 aromatic rings. The van der Waals surface area contributed by atoms with Crippen molar-refractivity contribution in [3.8, 4) is 0 Å². The van der Waals surface area contributed by atoms with Gasteiger partial charge in [0.1, 0.15) is 16.3 Å². The molecule has 3 aromatic heterocycles. The zero-order chi connectivity index (χ0) is 20.9. The Bertz CT molecular complexity index is 1120. The van der Waals surface area contributed by atoms with Crippen molar-refractivity contribution in [2.24, 2.45) is 17.1 Å². The van der Waals surface area contributed by atoms with Crippen LogP contribution in [0.5, 0.6) is 0 Å². The van der Waals surface area contributed by atoms with Crippen LogP contribution < -0.4 is 11.1 Å². The van der Waals surface area contributed by atoms with Crippen LogP contribution in [0.1, 0.15) is 64.2 Å². The lowest BCUT2D eigenvalue weighted by Gasteiger charge is -2.33. The van der Waals surface area contributed by atoms with E-state index in [2.05, 4.69) is 31.1 Å². The van der Waals surface area contributed by atoms with E-state index in [1.165, 1.54) is 11.3 Å². The van der Waals surface area contributed by atoms with Crippen LogP contribution in [0.25, 0.3) is 5.65 Å². The van der Waals surface area contributed by atoms with E-state index in [9.17, 15) is 9.59 Å². The molecule has 0 saturated heterocycles. The van der Waals surface area contributed by atoms with Gasteiger partial charge in [-0.3, -0.25) is 14.0 Å². The third-order valence-electron chi connectivity index (χ3n) is 5.88. The lowest BCUT2D eigenvalue weighted by Crippen LogP contribution is -2.27. The first-order valence-electron chi connectivity index (χ1n) is 9.86. The molecular weight excluding hydrogens is 384 g/mol. The SMILES string of the molecule is Cc1nc2ccccn2c1C(=O)Nc1sc2c(c1C(N)=O)CCC(C(C)(C)C)C2. The van der Waals surface area contributed by atoms with Crippen molar-refractivity contribution in [2.75, 3.05) is 5.32 Å². The number of aryl methyl sites for hydroxylation is 1. The molecule has 0 aliphatic heterocycles. The number of nitrogens with zero attached hydrogens (tertiary/aromatic N) is 2. The Balaban J connectivity index is 1.70. The number of imidazole rings is 1. The molecule has 3 heterocycles. The molecule has 1 aliphatic rings. The summed E-state index contributed by atoms with van der Waals surface area (Å²) in [6.45, 7) is 8.56. The number of fused-ring (bicyclic) bond motifs is 2. The minimum absolute atomic E-state index is 0.200. The molecule has 1 atom stereocenters. The van der Waals surface area contributed by atoms with Crippen LogP contribution in [-0.4, -0.2) is 21.2 Å². The lowest BCUT2D eigenvalue weighted by atomic mass is 9.72. The van der Waals surface area contributed by atoms with E-state index in [0.29, 0.717) is 33.5 Å². The molecule has 1 aliphatic carbocycles. The van der Waals surface area contributed by atoms with Gasteiger partial charge >= 0.3 is 0 Å². The standard InChI is InChI=1S/C22H26N4O2S/c1-12-18(26-10-6-5-7-16(26)24-12)20(28)25-21-17(19(23)27)14-9-8-13(22(2,3)4)11-15(14)29-21/h5-7,10,13H,8-9,11H2,1-4H3,(H2,23,27)(H,25,28). The predicted octanol–water partition coefficient (Wildman–Crippen LogP) is 4.21. The minimum atomic E-state index is -0.484. The first-order valence-corrected chi connectivity index (χ1v) is 10.7. The van der Waals surface area contributed by atoms with Gasteiger partial charge in [0, 0.05) is 11.1 Å². The summed E-state index contributed by atoms with van der Waals surface area (Å²) in [5.74, 6) is -0.226. The first kappa shape index (κ1) is 19.6. The van der Waals surface area contributed by atoms with Gasteiger partial charge < -0.3 is 11.1 Å². The van der Waals surface area contributed by atoms with Crippen molar-refractivity contribution >= 4 is 33.8 Å². The number of amides is 2. The summed E-state index contributed by atoms with van der Waals surface area (Å²) < 4.78 is 1.76. The summed E-state index contributed by atoms with van der Waals surface area (Å²) in [6.07, 6.45) is 4.56. The summed E-state index contributed by atoms with van der Waals surface area (Å²) >= 11 is 1.48. The number of nitrogens with two attached hydrogens (primary N) is 1. The minimum Gasteiger partial charge on any atom is -0.365 e. The van der Waals surface area contributed by atoms with Gasteiger partial charge in [0.2, 0.25) is 0 Å². The van der Waals surface area contributed by atoms with Crippen molar-refractivity contribution in [1.29, 1.82) is 0 Å². The molecule has 0 bridgehead atoms. The average Bonchev–Trinajstić information content (AvgIpc) is 3.16. The third kappa shape index (κ3) is 3.44. The van der Waals surface area contributed by atoms with Crippen LogP contribution in [-0.2, 0) is 12.8 Å². The fourth-order valence-electron chi connectivity index (χ4n) is 4.22. The van der Waals surface area contributed by atoms with Crippen LogP contribution in [0, 0.1) is 18.3 Å². The number of hydrogen-bond acceptors (Lipinski definition) is 4. The zero-order valence-corrected chi connectivity index (χ0v) is 18.0. The number of hydrogen-bond donors (Lipinski definition) is 2. The number of thiophene rings is 1. The number of rotatable bonds is 3. The molecule has 152 valence electrons. The van der Waals surface area contributed by atoms with Gasteiger partial charge in [-0.15, -0.1) is 11.3 Å². The second kappa shape index (κ2) is 6.99. The van der Waals surface area contributed by atoms with Crippen molar-refractivity contribution in [2.45, 2.75) is 47.0 Å². The molecule has 6 nitrogen and oxygen atoms in total. The fraction of sp³-hybridized carbons (Fsp3) is 0.409. The highest BCUT2D eigenvalue weighted by Crippen LogP contribution is 2.44. The van der Waals surface area contributed by atoms with Crippen molar-refractivity contribution in [3.05, 3.63) is 51.8 Å². The molecule has 0 fully saturated rings. The van der Waals surface area contributed by atoms with E-state index < -0.39 is 5.91 Å². The first-order chi connectivity index (χ1) is 13.7. The van der Waals surface area contributed by atoms with Crippen LogP contribution in [0.4, 0.5) is 5.00 Å². The molecule has 7 heteroatoms. The molecule has 29 heavy (non-hydrogen) atoms. The molecule has 0 radical (unpaired) electrons. The van der Waals surface area contributed by atoms with Gasteiger partial charge in [0.25, 0.3) is 11.8 Å². The maximum Gasteiger partial charge on any atom is 0.275 e. The van der Waals surface area contributed by atoms with Gasteiger partial charge in [-0.2, -0.15) is 0 Å². The highest BCUT2D eigenvalue weighted by molar-refractivity contribution is 7.17. The summed E-state index contributed by atoms with van der Waals surface area (Å²) in [7, 11) is 0. The fourth-order valence-corrected chi connectivity index (χ4v) is 5.55. The average molecular weight is 411 g/mol. The summed E-state index contributed by atoms with van der Waals surface area (Å²) in [5, 5.41) is 3.50. The van der Waals surface area contributed by atoms with Crippen LogP contribution in [0.15, 0.2) is 24.4 Å². The summed E-state index contributed by atoms with van der Waals surface area (Å²) in [5.41, 5.74) is 9.22. The molecule has 3 N–H and O–H groups in total. The Labute approximate surface area is 174 Å². The van der Waals surface area contributed by atoms with Gasteiger partial charge in [-0.25, -0.2) is 4.98 Å². The van der Waals surface area contributed by atoms with Crippen LogP contribution in [0.2, 0.25) is 0 Å². The predicted molar refractivity (Wildman–Crippen MR) is 116 cm³/mol. The molecule has 1 unspecified atom stereocenters. The van der Waals surface area contributed by atoms with Crippen LogP contribution in [0.3, 0.4) is 0 Å². The number of anilines is 1. The largest absolute Gasteiger partial charge is 0.365 e. The van der Waals surface area contributed by atoms with E-state index in [1.807, 2.05) is 31.3 Å². The van der Waals surface area contributed by atoms with Crippen molar-refractivity contribution in [1.82, 2.24) is 9.38 Å². The Morgan fingerprint density at radius 3 is 2.76 bits per heavy atom. The summed E-state index contributed by atoms with van der Waals surface area (Å²) in [4.78, 5) is 31.0. The smallest absolute Gasteiger partial charge is 0.275 e. The topological polar surface area (TPSA) is 89.5 Å². The van der Waals surface area contributed by atoms with E-state index >= 15 is 0 Å². The number of primary amides is 1. The zero-order valence-electron chi connectivity index (χ0n) is 17.2. The quantitative estimate of drug-likeness (QED) is 0.678. The monoisotopic (exact) mass is 410 g/mol. The number of aromatic nitrogens is 2. The normalized spacial score (nSPS) is 16.6. The molecule has 4 rings (SSSR count). The van der Waals surface area contributed by atoms with E-state index in [0.717, 1.165) is 29.7 Å². The molecular formula is C22H26N4O2S. The Kier molecular flexibility index (Phi) is 4.73. The molecule has 0 aromatic carbocycles. The number of carbonyl (C=O) groups excluding carboxylic acids is 2. The Hall–Kier alpha value is -2.67. The Morgan fingerprint density at radius 1 is 1.31 bits per heavy atom. The van der Waals surface area contributed by atoms with Gasteiger partial charge in [-0.1, -0.05) is 26.8 Å². The van der Waals surface area contributed by atoms with Gasteiger partial charge in [-0.05, 0) is 55.2 Å². The van der Waals surface area contributed by atoms with E-state index in [4.69, 9.17) is 5.73 Å².